The third kappa shape index (κ3) is 4.47. The van der Waals surface area contributed by atoms with E-state index in [1.165, 1.54) is 4.57 Å². The molecule has 2 aromatic carbocycles. The maximum Gasteiger partial charge on any atom is 0.318 e. The Labute approximate surface area is 163 Å². The molecule has 0 bridgehead atoms. The van der Waals surface area contributed by atoms with Crippen LogP contribution in [0.3, 0.4) is 0 Å². The summed E-state index contributed by atoms with van der Waals surface area (Å²) < 4.78 is 1.46. The topological polar surface area (TPSA) is 107 Å². The largest absolute Gasteiger partial charge is 0.351 e. The number of nitrogens with one attached hydrogen (secondary N) is 1. The molecule has 138 valence electrons. The molecule has 0 aliphatic heterocycles. The van der Waals surface area contributed by atoms with E-state index in [2.05, 4.69) is 4.98 Å². The molecule has 0 spiro atoms. The van der Waals surface area contributed by atoms with E-state index < -0.39 is 11.9 Å². The fraction of sp³-hybridized carbons (Fsp3) is 0.111. The monoisotopic (exact) mass is 402 g/mol. The number of hydrogen-bond donors (Lipinski definition) is 2. The summed E-state index contributed by atoms with van der Waals surface area (Å²) >= 11 is 7.26. The van der Waals surface area contributed by atoms with Gasteiger partial charge in [-0.3, -0.25) is 19.5 Å². The Kier molecular flexibility index (Phi) is 5.78. The van der Waals surface area contributed by atoms with E-state index in [-0.39, 0.29) is 17.9 Å². The number of nitrogens with two attached hydrogens (primary N) is 1. The average molecular weight is 403 g/mol. The summed E-state index contributed by atoms with van der Waals surface area (Å²) in [4.78, 5) is 40.0. The number of amides is 3. The molecule has 0 unspecified atom stereocenters. The Hall–Kier alpha value is -2.84. The van der Waals surface area contributed by atoms with E-state index in [1.54, 1.807) is 36.4 Å². The van der Waals surface area contributed by atoms with Gasteiger partial charge in [0, 0.05) is 5.02 Å². The van der Waals surface area contributed by atoms with Crippen molar-refractivity contribution in [2.75, 3.05) is 5.75 Å². The predicted octanol–water partition coefficient (Wildman–Crippen LogP) is 2.39. The molecular formula is C18H15ClN4O3S. The van der Waals surface area contributed by atoms with E-state index in [9.17, 15) is 14.4 Å². The first kappa shape index (κ1) is 18.9. The van der Waals surface area contributed by atoms with Crippen LogP contribution in [0.1, 0.15) is 5.56 Å². The number of carbonyl (C=O) groups is 2. The van der Waals surface area contributed by atoms with Gasteiger partial charge >= 0.3 is 6.03 Å². The van der Waals surface area contributed by atoms with Crippen molar-refractivity contribution in [3.8, 4) is 0 Å². The molecule has 3 rings (SSSR count). The van der Waals surface area contributed by atoms with Gasteiger partial charge in [0.1, 0.15) is 0 Å². The number of primary amides is 1. The van der Waals surface area contributed by atoms with Gasteiger partial charge in [-0.2, -0.15) is 0 Å². The van der Waals surface area contributed by atoms with Crippen LogP contribution in [-0.2, 0) is 11.3 Å². The minimum Gasteiger partial charge on any atom is -0.351 e. The average Bonchev–Trinajstić information content (AvgIpc) is 2.63. The number of benzene rings is 2. The van der Waals surface area contributed by atoms with Crippen LogP contribution in [0.5, 0.6) is 0 Å². The number of hydrogen-bond acceptors (Lipinski definition) is 5. The summed E-state index contributed by atoms with van der Waals surface area (Å²) in [5.74, 6) is -0.685. The van der Waals surface area contributed by atoms with Crippen LogP contribution in [0, 0.1) is 0 Å². The maximum atomic E-state index is 13.0. The predicted molar refractivity (Wildman–Crippen MR) is 105 cm³/mol. The normalized spacial score (nSPS) is 10.7. The summed E-state index contributed by atoms with van der Waals surface area (Å²) in [7, 11) is 0. The molecule has 7 nitrogen and oxygen atoms in total. The smallest absolute Gasteiger partial charge is 0.318 e. The number of fused-ring (bicyclic) bond motifs is 1. The Morgan fingerprint density at radius 2 is 1.85 bits per heavy atom. The van der Waals surface area contributed by atoms with Crippen molar-refractivity contribution < 1.29 is 9.59 Å². The SMILES string of the molecule is NC(=O)NC(=O)CSc1nc2ccccc2c(=O)n1Cc1ccccc1Cl. The van der Waals surface area contributed by atoms with Gasteiger partial charge in [-0.05, 0) is 23.8 Å². The molecule has 3 N–H and O–H groups in total. The third-order valence-electron chi connectivity index (χ3n) is 3.71. The number of halogens is 1. The van der Waals surface area contributed by atoms with Crippen molar-refractivity contribution in [3.63, 3.8) is 0 Å². The molecule has 27 heavy (non-hydrogen) atoms. The minimum atomic E-state index is -0.930. The van der Waals surface area contributed by atoms with Crippen molar-refractivity contribution in [2.45, 2.75) is 11.7 Å². The molecule has 0 saturated heterocycles. The number of urea groups is 1. The quantitative estimate of drug-likeness (QED) is 0.503. The third-order valence-corrected chi connectivity index (χ3v) is 5.05. The van der Waals surface area contributed by atoms with Crippen LogP contribution in [0.2, 0.25) is 5.02 Å². The van der Waals surface area contributed by atoms with E-state index in [0.717, 1.165) is 17.3 Å². The lowest BCUT2D eigenvalue weighted by Crippen LogP contribution is -2.36. The van der Waals surface area contributed by atoms with Gasteiger partial charge in [0.2, 0.25) is 5.91 Å². The lowest BCUT2D eigenvalue weighted by atomic mass is 10.2. The molecule has 0 atom stereocenters. The molecule has 0 fully saturated rings. The molecule has 0 aliphatic rings. The molecule has 3 amide bonds. The molecule has 9 heteroatoms. The Bertz CT molecular complexity index is 1080. The van der Waals surface area contributed by atoms with Gasteiger partial charge in [0.25, 0.3) is 5.56 Å². The van der Waals surface area contributed by atoms with Crippen molar-refractivity contribution in [1.82, 2.24) is 14.9 Å². The molecule has 1 heterocycles. The number of rotatable bonds is 5. The van der Waals surface area contributed by atoms with E-state index >= 15 is 0 Å². The Morgan fingerprint density at radius 1 is 1.15 bits per heavy atom. The number of imide groups is 1. The standard InChI is InChI=1S/C18H15ClN4O3S/c19-13-7-3-1-5-11(13)9-23-16(25)12-6-2-4-8-14(12)21-18(23)27-10-15(24)22-17(20)26/h1-8H,9-10H2,(H3,20,22,24,26). The van der Waals surface area contributed by atoms with Gasteiger partial charge in [0.15, 0.2) is 5.16 Å². The van der Waals surface area contributed by atoms with Gasteiger partial charge < -0.3 is 5.73 Å². The second-order valence-corrected chi connectivity index (χ2v) is 6.95. The lowest BCUT2D eigenvalue weighted by molar-refractivity contribution is -0.117. The Morgan fingerprint density at radius 3 is 2.59 bits per heavy atom. The van der Waals surface area contributed by atoms with Crippen LogP contribution in [0.4, 0.5) is 4.79 Å². The molecule has 0 radical (unpaired) electrons. The number of carbonyl (C=O) groups excluding carboxylic acids is 2. The fourth-order valence-corrected chi connectivity index (χ4v) is 3.49. The zero-order chi connectivity index (χ0) is 19.4. The summed E-state index contributed by atoms with van der Waals surface area (Å²) in [6, 6.07) is 13.2. The Balaban J connectivity index is 2.02. The van der Waals surface area contributed by atoms with Gasteiger partial charge in [-0.1, -0.05) is 53.7 Å². The van der Waals surface area contributed by atoms with Gasteiger partial charge in [-0.25, -0.2) is 9.78 Å². The van der Waals surface area contributed by atoms with Crippen molar-refractivity contribution in [2.24, 2.45) is 5.73 Å². The number of aromatic nitrogens is 2. The number of nitrogens with zero attached hydrogens (tertiary/aromatic N) is 2. The lowest BCUT2D eigenvalue weighted by Gasteiger charge is -2.14. The highest BCUT2D eigenvalue weighted by Crippen LogP contribution is 2.21. The highest BCUT2D eigenvalue weighted by molar-refractivity contribution is 7.99. The molecule has 3 aromatic rings. The number of thioether (sulfide) groups is 1. The molecule has 0 aliphatic carbocycles. The maximum absolute atomic E-state index is 13.0. The fourth-order valence-electron chi connectivity index (χ4n) is 2.50. The van der Waals surface area contributed by atoms with Crippen LogP contribution in [-0.4, -0.2) is 27.2 Å². The van der Waals surface area contributed by atoms with E-state index in [1.807, 2.05) is 17.4 Å². The minimum absolute atomic E-state index is 0.115. The van der Waals surface area contributed by atoms with Crippen LogP contribution in [0.15, 0.2) is 58.5 Å². The van der Waals surface area contributed by atoms with Crippen LogP contribution < -0.4 is 16.6 Å². The summed E-state index contributed by atoms with van der Waals surface area (Å²) in [6.45, 7) is 0.204. The van der Waals surface area contributed by atoms with Crippen LogP contribution in [0.25, 0.3) is 10.9 Å². The van der Waals surface area contributed by atoms with E-state index in [0.29, 0.717) is 21.1 Å². The van der Waals surface area contributed by atoms with Crippen LogP contribution >= 0.6 is 23.4 Å². The highest BCUT2D eigenvalue weighted by Gasteiger charge is 2.15. The first-order valence-corrected chi connectivity index (χ1v) is 9.27. The summed E-state index contributed by atoms with van der Waals surface area (Å²) in [6.07, 6.45) is 0. The number of para-hydroxylation sites is 1. The van der Waals surface area contributed by atoms with E-state index in [4.69, 9.17) is 17.3 Å². The summed E-state index contributed by atoms with van der Waals surface area (Å²) in [5.41, 5.74) is 5.98. The second kappa shape index (κ2) is 8.24. The summed E-state index contributed by atoms with van der Waals surface area (Å²) in [5, 5.41) is 3.33. The first-order chi connectivity index (χ1) is 13.0. The van der Waals surface area contributed by atoms with Crippen molar-refractivity contribution >= 4 is 46.2 Å². The highest BCUT2D eigenvalue weighted by atomic mass is 35.5. The first-order valence-electron chi connectivity index (χ1n) is 7.91. The zero-order valence-electron chi connectivity index (χ0n) is 14.0. The molecule has 1 aromatic heterocycles. The molecular weight excluding hydrogens is 388 g/mol. The van der Waals surface area contributed by atoms with Crippen molar-refractivity contribution in [3.05, 3.63) is 69.5 Å². The van der Waals surface area contributed by atoms with Crippen molar-refractivity contribution in [1.29, 1.82) is 0 Å². The second-order valence-electron chi connectivity index (χ2n) is 5.60. The van der Waals surface area contributed by atoms with Gasteiger partial charge in [0.05, 0.1) is 23.2 Å². The molecule has 0 saturated carbocycles. The zero-order valence-corrected chi connectivity index (χ0v) is 15.6. The van der Waals surface area contributed by atoms with Gasteiger partial charge in [-0.15, -0.1) is 0 Å².